The Kier molecular flexibility index (Phi) is 14.0. The van der Waals surface area contributed by atoms with Crippen LogP contribution in [0.1, 0.15) is 98.4 Å². The molecule has 0 spiro atoms. The zero-order valence-electron chi connectivity index (χ0n) is 36.7. The number of amides is 2. The van der Waals surface area contributed by atoms with E-state index in [0.29, 0.717) is 54.9 Å². The zero-order valence-corrected chi connectivity index (χ0v) is 39.8. The maximum Gasteiger partial charge on any atom is 0.410 e. The van der Waals surface area contributed by atoms with Crippen molar-refractivity contribution in [2.45, 2.75) is 64.8 Å². The van der Waals surface area contributed by atoms with Crippen LogP contribution in [0.2, 0.25) is 10.0 Å². The number of methoxy groups -OCH3 is 1. The molecule has 2 saturated heterocycles. The second-order valence-corrected chi connectivity index (χ2v) is 19.5. The molecule has 0 bridgehead atoms. The molecule has 2 unspecified atom stereocenters. The van der Waals surface area contributed by atoms with E-state index in [1.807, 2.05) is 102 Å². The summed E-state index contributed by atoms with van der Waals surface area (Å²) >= 11 is 16.3. The lowest BCUT2D eigenvalue weighted by Crippen LogP contribution is -2.51. The summed E-state index contributed by atoms with van der Waals surface area (Å²) in [4.78, 5) is 55.3. The molecule has 2 aliphatic carbocycles. The number of fused-ring (bicyclic) bond motifs is 4. The lowest BCUT2D eigenvalue weighted by atomic mass is 9.95. The van der Waals surface area contributed by atoms with Gasteiger partial charge in [-0.2, -0.15) is 0 Å². The van der Waals surface area contributed by atoms with E-state index in [4.69, 9.17) is 47.4 Å². The number of hydrogen-bond acceptors (Lipinski definition) is 10. The van der Waals surface area contributed by atoms with Crippen LogP contribution in [0.25, 0.3) is 22.2 Å². The molecule has 2 aliphatic heterocycles. The Morgan fingerprint density at radius 1 is 0.635 bits per heavy atom. The molecule has 4 heterocycles. The minimum Gasteiger partial charge on any atom is -0.465 e. The van der Waals surface area contributed by atoms with Gasteiger partial charge in [-0.25, -0.2) is 14.4 Å². The number of ether oxygens (including phenoxy) is 3. The first-order valence-corrected chi connectivity index (χ1v) is 22.6. The average molecular weight is 961 g/mol. The van der Waals surface area contributed by atoms with Crippen LogP contribution in [0.15, 0.2) is 73.1 Å². The van der Waals surface area contributed by atoms with E-state index in [1.165, 1.54) is 12.7 Å². The summed E-state index contributed by atoms with van der Waals surface area (Å²) in [6, 6.07) is 19.2. The van der Waals surface area contributed by atoms with Gasteiger partial charge in [-0.3, -0.25) is 19.8 Å². The standard InChI is InChI=1S/C25H28ClN3O4.C23H25BrClN3O2/c1-25(2,3)33-24(31)29-12-10-28(11-13-29)22-18-8-7-17(26)14-16(18)15-20(23(30)32-4)19-6-5-9-27-21(19)22;1-23(2,3)30-22(29)28-11-9-27(10-12-28)21-17-7-6-16(25)13-15(17)14-19(24)18-5-4-8-26-20(18)21/h5-9,14-15,22H,10-13H2,1-4H3;4-8,13-14,21H,9-12H2,1-3H3. The summed E-state index contributed by atoms with van der Waals surface area (Å²) in [6.07, 6.45) is 6.95. The molecule has 2 aromatic carbocycles. The van der Waals surface area contributed by atoms with Crippen LogP contribution >= 0.6 is 39.1 Å². The molecule has 2 amide bonds. The highest BCUT2D eigenvalue weighted by molar-refractivity contribution is 9.15. The van der Waals surface area contributed by atoms with Gasteiger partial charge in [0, 0.05) is 90.4 Å². The number of pyridine rings is 2. The first kappa shape index (κ1) is 46.2. The highest BCUT2D eigenvalue weighted by Gasteiger charge is 2.37. The molecule has 332 valence electrons. The van der Waals surface area contributed by atoms with Crippen LogP contribution in [-0.2, 0) is 19.0 Å². The summed E-state index contributed by atoms with van der Waals surface area (Å²) in [5, 5.41) is 1.29. The number of rotatable bonds is 3. The molecule has 2 atom stereocenters. The van der Waals surface area contributed by atoms with Crippen LogP contribution < -0.4 is 0 Å². The van der Waals surface area contributed by atoms with Crippen molar-refractivity contribution in [3.8, 4) is 0 Å². The van der Waals surface area contributed by atoms with Crippen molar-refractivity contribution in [3.63, 3.8) is 0 Å². The number of piperazine rings is 2. The van der Waals surface area contributed by atoms with E-state index in [2.05, 4.69) is 43.9 Å². The van der Waals surface area contributed by atoms with E-state index in [0.717, 1.165) is 56.8 Å². The molecule has 2 fully saturated rings. The molecule has 4 aromatic rings. The van der Waals surface area contributed by atoms with Gasteiger partial charge in [-0.15, -0.1) is 0 Å². The molecule has 12 nitrogen and oxygen atoms in total. The van der Waals surface area contributed by atoms with Crippen LogP contribution in [0.5, 0.6) is 0 Å². The Morgan fingerprint density at radius 2 is 1.06 bits per heavy atom. The Hall–Kier alpha value is -4.79. The molecule has 4 aliphatic rings. The fourth-order valence-corrected chi connectivity index (χ4v) is 9.22. The van der Waals surface area contributed by atoms with Gasteiger partial charge < -0.3 is 24.0 Å². The number of esters is 1. The van der Waals surface area contributed by atoms with Gasteiger partial charge in [0.05, 0.1) is 36.2 Å². The van der Waals surface area contributed by atoms with E-state index >= 15 is 0 Å². The Bertz CT molecular complexity index is 2430. The number of nitrogens with zero attached hydrogens (tertiary/aromatic N) is 6. The topological polar surface area (TPSA) is 118 Å². The van der Waals surface area contributed by atoms with Crippen molar-refractivity contribution in [2.75, 3.05) is 59.5 Å². The number of halogens is 3. The fraction of sp³-hybridized carbons (Fsp3) is 0.396. The van der Waals surface area contributed by atoms with Crippen LogP contribution in [0, 0.1) is 0 Å². The van der Waals surface area contributed by atoms with Gasteiger partial charge in [0.2, 0.25) is 0 Å². The first-order chi connectivity index (χ1) is 29.9. The molecule has 0 saturated carbocycles. The van der Waals surface area contributed by atoms with Gasteiger partial charge in [0.1, 0.15) is 11.2 Å². The number of aromatic nitrogens is 2. The van der Waals surface area contributed by atoms with Crippen molar-refractivity contribution < 1.29 is 28.6 Å². The summed E-state index contributed by atoms with van der Waals surface area (Å²) in [6.45, 7) is 16.3. The molecular weight excluding hydrogens is 907 g/mol. The van der Waals surface area contributed by atoms with Crippen LogP contribution in [-0.4, -0.2) is 118 Å². The number of hydrogen-bond donors (Lipinski definition) is 0. The lowest BCUT2D eigenvalue weighted by Gasteiger charge is -2.40. The van der Waals surface area contributed by atoms with Gasteiger partial charge in [0.15, 0.2) is 0 Å². The summed E-state index contributed by atoms with van der Waals surface area (Å²) < 4.78 is 17.1. The first-order valence-electron chi connectivity index (χ1n) is 21.0. The molecule has 0 N–H and O–H groups in total. The normalized spacial score (nSPS) is 19.0. The molecular formula is C48H53BrCl2N6O6. The third-order valence-corrected chi connectivity index (χ3v) is 12.2. The predicted molar refractivity (Wildman–Crippen MR) is 251 cm³/mol. The monoisotopic (exact) mass is 958 g/mol. The van der Waals surface area contributed by atoms with Crippen LogP contribution in [0.3, 0.4) is 0 Å². The largest absolute Gasteiger partial charge is 0.465 e. The smallest absolute Gasteiger partial charge is 0.410 e. The van der Waals surface area contributed by atoms with Crippen molar-refractivity contribution >= 4 is 79.5 Å². The maximum absolute atomic E-state index is 12.7. The van der Waals surface area contributed by atoms with E-state index < -0.39 is 17.2 Å². The minimum atomic E-state index is -0.535. The number of carbonyl (C=O) groups excluding carboxylic acids is 3. The molecule has 8 rings (SSSR count). The van der Waals surface area contributed by atoms with E-state index in [-0.39, 0.29) is 24.3 Å². The van der Waals surface area contributed by atoms with Gasteiger partial charge in [0.25, 0.3) is 0 Å². The van der Waals surface area contributed by atoms with Crippen molar-refractivity contribution in [2.24, 2.45) is 0 Å². The number of benzene rings is 2. The summed E-state index contributed by atoms with van der Waals surface area (Å²) in [5.74, 6) is -0.425. The van der Waals surface area contributed by atoms with Gasteiger partial charge >= 0.3 is 18.2 Å². The second-order valence-electron chi connectivity index (χ2n) is 17.8. The van der Waals surface area contributed by atoms with Crippen molar-refractivity contribution in [1.29, 1.82) is 0 Å². The third kappa shape index (κ3) is 10.8. The highest BCUT2D eigenvalue weighted by Crippen LogP contribution is 2.43. The Balaban J connectivity index is 0.000000190. The quantitative estimate of drug-likeness (QED) is 0.145. The SMILES string of the molecule is CC(C)(C)OC(=O)N1CCN(C2c3ccc(Cl)cc3C=C(Br)c3cccnc32)CC1.COC(=O)C1=Cc2cc(Cl)ccc2C(N2CCN(C(=O)OC(C)(C)C)CC2)c2ncccc21. The predicted octanol–water partition coefficient (Wildman–Crippen LogP) is 9.99. The average Bonchev–Trinajstić information content (AvgIpc) is 3.46. The molecule has 2 aromatic heterocycles. The molecule has 63 heavy (non-hydrogen) atoms. The second kappa shape index (κ2) is 19.1. The highest BCUT2D eigenvalue weighted by atomic mass is 79.9. The zero-order chi connectivity index (χ0) is 45.2. The third-order valence-electron chi connectivity index (χ3n) is 11.1. The summed E-state index contributed by atoms with van der Waals surface area (Å²) in [7, 11) is 1.37. The van der Waals surface area contributed by atoms with Crippen LogP contribution in [0.4, 0.5) is 9.59 Å². The number of carbonyl (C=O) groups is 3. The van der Waals surface area contributed by atoms with E-state index in [9.17, 15) is 14.4 Å². The maximum atomic E-state index is 12.7. The van der Waals surface area contributed by atoms with Gasteiger partial charge in [-0.1, -0.05) is 63.4 Å². The summed E-state index contributed by atoms with van der Waals surface area (Å²) in [5.41, 5.74) is 7.10. The molecule has 0 radical (unpaired) electrons. The Morgan fingerprint density at radius 3 is 1.51 bits per heavy atom. The van der Waals surface area contributed by atoms with Gasteiger partial charge in [-0.05, 0) is 112 Å². The minimum absolute atomic E-state index is 0.0134. The van der Waals surface area contributed by atoms with E-state index in [1.54, 1.807) is 16.0 Å². The molecule has 15 heteroatoms. The Labute approximate surface area is 387 Å². The van der Waals surface area contributed by atoms with Crippen molar-refractivity contribution in [1.82, 2.24) is 29.6 Å². The fourth-order valence-electron chi connectivity index (χ4n) is 8.28. The van der Waals surface area contributed by atoms with Crippen molar-refractivity contribution in [3.05, 3.63) is 128 Å². The lowest BCUT2D eigenvalue weighted by molar-refractivity contribution is -0.133.